The van der Waals surface area contributed by atoms with Gasteiger partial charge in [0.2, 0.25) is 5.91 Å². The van der Waals surface area contributed by atoms with Crippen LogP contribution in [0.5, 0.6) is 0 Å². The van der Waals surface area contributed by atoms with Crippen LogP contribution in [0.25, 0.3) is 0 Å². The predicted molar refractivity (Wildman–Crippen MR) is 57.8 cm³/mol. The summed E-state index contributed by atoms with van der Waals surface area (Å²) in [7, 11) is 0. The van der Waals surface area contributed by atoms with Crippen LogP contribution >= 0.6 is 0 Å². The van der Waals surface area contributed by atoms with Crippen LogP contribution in [0.3, 0.4) is 0 Å². The van der Waals surface area contributed by atoms with E-state index < -0.39 is 0 Å². The lowest BCUT2D eigenvalue weighted by Crippen LogP contribution is -2.50. The summed E-state index contributed by atoms with van der Waals surface area (Å²) < 4.78 is 0. The topological polar surface area (TPSA) is 55.1 Å². The summed E-state index contributed by atoms with van der Waals surface area (Å²) >= 11 is 0. The van der Waals surface area contributed by atoms with Gasteiger partial charge in [0.05, 0.1) is 6.04 Å². The third-order valence-electron chi connectivity index (χ3n) is 2.78. The molecule has 0 saturated heterocycles. The molecule has 1 fully saturated rings. The zero-order valence-electron chi connectivity index (χ0n) is 9.42. The zero-order valence-corrected chi connectivity index (χ0v) is 9.42. The molecule has 14 heavy (non-hydrogen) atoms. The van der Waals surface area contributed by atoms with Crippen molar-refractivity contribution in [3.63, 3.8) is 0 Å². The summed E-state index contributed by atoms with van der Waals surface area (Å²) in [4.78, 5) is 11.6. The molecular weight excluding hydrogens is 176 g/mol. The molecule has 0 aromatic heterocycles. The Hall–Kier alpha value is -0.570. The first-order chi connectivity index (χ1) is 6.49. The van der Waals surface area contributed by atoms with E-state index in [0.29, 0.717) is 12.0 Å². The van der Waals surface area contributed by atoms with Crippen LogP contribution in [0.2, 0.25) is 0 Å². The molecular formula is C11H22N2O. The monoisotopic (exact) mass is 198 g/mol. The van der Waals surface area contributed by atoms with Crippen LogP contribution < -0.4 is 11.1 Å². The summed E-state index contributed by atoms with van der Waals surface area (Å²) in [5.74, 6) is 1.27. The lowest BCUT2D eigenvalue weighted by molar-refractivity contribution is -0.124. The maximum absolute atomic E-state index is 11.6. The van der Waals surface area contributed by atoms with Gasteiger partial charge in [-0.1, -0.05) is 20.8 Å². The summed E-state index contributed by atoms with van der Waals surface area (Å²) in [6.45, 7) is 6.37. The fourth-order valence-corrected chi connectivity index (χ4v) is 1.94. The largest absolute Gasteiger partial charge is 0.352 e. The molecule has 1 amide bonds. The number of nitrogens with two attached hydrogens (primary N) is 1. The smallest absolute Gasteiger partial charge is 0.237 e. The third kappa shape index (κ3) is 3.29. The summed E-state index contributed by atoms with van der Waals surface area (Å²) in [6.07, 6.45) is 2.99. The maximum Gasteiger partial charge on any atom is 0.237 e. The van der Waals surface area contributed by atoms with E-state index in [1.807, 2.05) is 0 Å². The molecule has 0 aromatic rings. The molecule has 0 aliphatic heterocycles. The van der Waals surface area contributed by atoms with Crippen molar-refractivity contribution in [1.29, 1.82) is 0 Å². The number of rotatable bonds is 4. The van der Waals surface area contributed by atoms with Crippen molar-refractivity contribution in [3.8, 4) is 0 Å². The van der Waals surface area contributed by atoms with E-state index >= 15 is 0 Å². The van der Waals surface area contributed by atoms with Gasteiger partial charge in [-0.15, -0.1) is 0 Å². The Morgan fingerprint density at radius 1 is 1.50 bits per heavy atom. The third-order valence-corrected chi connectivity index (χ3v) is 2.78. The van der Waals surface area contributed by atoms with E-state index in [1.165, 1.54) is 0 Å². The quantitative estimate of drug-likeness (QED) is 0.715. The molecule has 1 aliphatic carbocycles. The fraction of sp³-hybridized carbons (Fsp3) is 0.909. The highest BCUT2D eigenvalue weighted by Crippen LogP contribution is 2.26. The van der Waals surface area contributed by atoms with Gasteiger partial charge in [0, 0.05) is 6.04 Å². The highest BCUT2D eigenvalue weighted by molar-refractivity contribution is 5.81. The summed E-state index contributed by atoms with van der Waals surface area (Å²) in [5, 5.41) is 2.99. The first-order valence-electron chi connectivity index (χ1n) is 5.55. The molecule has 0 unspecified atom stereocenters. The second-order valence-corrected chi connectivity index (χ2v) is 5.02. The molecule has 3 heteroatoms. The Morgan fingerprint density at radius 3 is 2.50 bits per heavy atom. The van der Waals surface area contributed by atoms with Gasteiger partial charge in [-0.25, -0.2) is 0 Å². The first-order valence-corrected chi connectivity index (χ1v) is 5.55. The van der Waals surface area contributed by atoms with Gasteiger partial charge in [0.15, 0.2) is 0 Å². The number of amides is 1. The van der Waals surface area contributed by atoms with E-state index in [1.54, 1.807) is 0 Å². The molecule has 3 N–H and O–H groups in total. The van der Waals surface area contributed by atoms with Gasteiger partial charge in [-0.3, -0.25) is 4.79 Å². The van der Waals surface area contributed by atoms with Crippen LogP contribution in [-0.2, 0) is 4.79 Å². The molecule has 1 rings (SSSR count). The van der Waals surface area contributed by atoms with E-state index in [0.717, 1.165) is 25.2 Å². The van der Waals surface area contributed by atoms with Crippen molar-refractivity contribution < 1.29 is 4.79 Å². The van der Waals surface area contributed by atoms with Crippen molar-refractivity contribution in [2.24, 2.45) is 17.6 Å². The number of hydrogen-bond acceptors (Lipinski definition) is 2. The second kappa shape index (κ2) is 4.78. The van der Waals surface area contributed by atoms with Gasteiger partial charge in [-0.05, 0) is 31.1 Å². The van der Waals surface area contributed by atoms with Gasteiger partial charge < -0.3 is 11.1 Å². The van der Waals surface area contributed by atoms with Crippen molar-refractivity contribution in [2.45, 2.75) is 52.1 Å². The minimum atomic E-state index is -0.328. The van der Waals surface area contributed by atoms with E-state index in [9.17, 15) is 4.79 Å². The Bertz CT molecular complexity index is 197. The summed E-state index contributed by atoms with van der Waals surface area (Å²) in [5.41, 5.74) is 5.77. The minimum Gasteiger partial charge on any atom is -0.352 e. The molecule has 0 radical (unpaired) electrons. The van der Waals surface area contributed by atoms with Crippen molar-refractivity contribution in [1.82, 2.24) is 5.32 Å². The molecule has 3 nitrogen and oxygen atoms in total. The van der Waals surface area contributed by atoms with Crippen molar-refractivity contribution in [3.05, 3.63) is 0 Å². The van der Waals surface area contributed by atoms with Crippen LogP contribution in [0.15, 0.2) is 0 Å². The van der Waals surface area contributed by atoms with Gasteiger partial charge >= 0.3 is 0 Å². The number of carbonyl (C=O) groups is 1. The standard InChI is InChI=1S/C11H22N2O/c1-7(2)4-10(12)11(14)13-9-5-8(3)6-9/h7-10H,4-6,12H2,1-3H3,(H,13,14)/t8?,9?,10-/m1/s1. The molecule has 1 aliphatic rings. The average molecular weight is 198 g/mol. The minimum absolute atomic E-state index is 0.0237. The molecule has 1 atom stereocenters. The molecule has 1 saturated carbocycles. The molecule has 0 aromatic carbocycles. The van der Waals surface area contributed by atoms with Crippen LogP contribution in [0.1, 0.15) is 40.0 Å². The second-order valence-electron chi connectivity index (χ2n) is 5.02. The Balaban J connectivity index is 2.20. The lowest BCUT2D eigenvalue weighted by atomic mass is 9.82. The highest BCUT2D eigenvalue weighted by atomic mass is 16.2. The zero-order chi connectivity index (χ0) is 10.7. The van der Waals surface area contributed by atoms with Crippen molar-refractivity contribution >= 4 is 5.91 Å². The molecule has 0 bridgehead atoms. The van der Waals surface area contributed by atoms with Gasteiger partial charge in [-0.2, -0.15) is 0 Å². The van der Waals surface area contributed by atoms with E-state index in [-0.39, 0.29) is 11.9 Å². The van der Waals surface area contributed by atoms with Crippen molar-refractivity contribution in [2.75, 3.05) is 0 Å². The Kier molecular flexibility index (Phi) is 3.93. The lowest BCUT2D eigenvalue weighted by Gasteiger charge is -2.34. The van der Waals surface area contributed by atoms with Crippen LogP contribution in [-0.4, -0.2) is 18.0 Å². The molecule has 82 valence electrons. The van der Waals surface area contributed by atoms with Crippen LogP contribution in [0, 0.1) is 11.8 Å². The first kappa shape index (κ1) is 11.5. The average Bonchev–Trinajstić information content (AvgIpc) is 2.00. The normalized spacial score (nSPS) is 28.4. The summed E-state index contributed by atoms with van der Waals surface area (Å²) in [6, 6.07) is 0.0571. The highest BCUT2D eigenvalue weighted by Gasteiger charge is 2.28. The Morgan fingerprint density at radius 2 is 2.07 bits per heavy atom. The van der Waals surface area contributed by atoms with Gasteiger partial charge in [0.25, 0.3) is 0 Å². The predicted octanol–water partition coefficient (Wildman–Crippen LogP) is 1.27. The van der Waals surface area contributed by atoms with E-state index in [2.05, 4.69) is 26.1 Å². The van der Waals surface area contributed by atoms with Gasteiger partial charge in [0.1, 0.15) is 0 Å². The number of nitrogens with one attached hydrogen (secondary N) is 1. The fourth-order valence-electron chi connectivity index (χ4n) is 1.94. The molecule has 0 spiro atoms. The molecule has 0 heterocycles. The van der Waals surface area contributed by atoms with Crippen LogP contribution in [0.4, 0.5) is 0 Å². The maximum atomic E-state index is 11.6. The number of hydrogen-bond donors (Lipinski definition) is 2. The Labute approximate surface area is 86.4 Å². The van der Waals surface area contributed by atoms with E-state index in [4.69, 9.17) is 5.73 Å². The number of carbonyl (C=O) groups excluding carboxylic acids is 1. The SMILES string of the molecule is CC(C)C[C@@H](N)C(=O)NC1CC(C)C1.